The molecule has 3 aromatic rings. The minimum atomic E-state index is -3.81. The van der Waals surface area contributed by atoms with Crippen molar-refractivity contribution in [1.82, 2.24) is 0 Å². The lowest BCUT2D eigenvalue weighted by atomic mass is 10.1. The van der Waals surface area contributed by atoms with E-state index in [9.17, 15) is 21.6 Å². The number of rotatable bonds is 3. The van der Waals surface area contributed by atoms with E-state index in [2.05, 4.69) is 5.32 Å². The number of carbonyl (C=O) groups is 1. The van der Waals surface area contributed by atoms with E-state index >= 15 is 0 Å². The molecule has 0 radical (unpaired) electrons. The van der Waals surface area contributed by atoms with E-state index in [1.165, 1.54) is 35.6 Å². The minimum absolute atomic E-state index is 0.0566. The number of thiophene rings is 1. The van der Waals surface area contributed by atoms with Crippen LogP contribution in [0.4, 0.5) is 5.69 Å². The van der Waals surface area contributed by atoms with E-state index in [0.717, 1.165) is 4.88 Å². The quantitative estimate of drug-likeness (QED) is 0.656. The predicted molar refractivity (Wildman–Crippen MR) is 106 cm³/mol. The summed E-state index contributed by atoms with van der Waals surface area (Å²) >= 11 is 1.22. The number of nitrogens with two attached hydrogens (primary N) is 1. The summed E-state index contributed by atoms with van der Waals surface area (Å²) in [6.45, 7) is 0. The Morgan fingerprint density at radius 1 is 1.07 bits per heavy atom. The monoisotopic (exact) mass is 434 g/mol. The minimum Gasteiger partial charge on any atom is -0.321 e. The summed E-state index contributed by atoms with van der Waals surface area (Å²) in [6.07, 6.45) is 0. The molecular formula is C18H14N2O5S3. The average Bonchev–Trinajstić information content (AvgIpc) is 3.05. The van der Waals surface area contributed by atoms with E-state index in [4.69, 9.17) is 5.14 Å². The molecule has 0 bridgehead atoms. The van der Waals surface area contributed by atoms with Gasteiger partial charge in [0.2, 0.25) is 10.0 Å². The Bertz CT molecular complexity index is 1310. The van der Waals surface area contributed by atoms with Gasteiger partial charge in [-0.05, 0) is 42.0 Å². The lowest BCUT2D eigenvalue weighted by molar-refractivity contribution is 0.103. The highest BCUT2D eigenvalue weighted by molar-refractivity contribution is 7.91. The van der Waals surface area contributed by atoms with Gasteiger partial charge < -0.3 is 5.32 Å². The maximum Gasteiger partial charge on any atom is 0.265 e. The van der Waals surface area contributed by atoms with Gasteiger partial charge in [0.05, 0.1) is 20.4 Å². The van der Waals surface area contributed by atoms with Gasteiger partial charge in [-0.2, -0.15) is 0 Å². The number of hydrogen-bond acceptors (Lipinski definition) is 6. The number of hydrogen-bond donors (Lipinski definition) is 2. The van der Waals surface area contributed by atoms with Crippen LogP contribution in [0.3, 0.4) is 0 Å². The molecule has 28 heavy (non-hydrogen) atoms. The molecule has 0 saturated heterocycles. The summed E-state index contributed by atoms with van der Waals surface area (Å²) in [7, 11) is -7.25. The average molecular weight is 435 g/mol. The number of primary sulfonamides is 1. The Labute approximate surface area is 165 Å². The molecule has 0 aliphatic carbocycles. The Kier molecular flexibility index (Phi) is 4.38. The van der Waals surface area contributed by atoms with Crippen molar-refractivity contribution < 1.29 is 21.6 Å². The molecule has 1 aliphatic heterocycles. The summed E-state index contributed by atoms with van der Waals surface area (Å²) < 4.78 is 47.5. The number of carbonyl (C=O) groups excluding carboxylic acids is 1. The molecule has 2 heterocycles. The summed E-state index contributed by atoms with van der Waals surface area (Å²) in [4.78, 5) is 13.9. The summed E-state index contributed by atoms with van der Waals surface area (Å²) in [6, 6.07) is 13.8. The number of fused-ring (bicyclic) bond motifs is 3. The van der Waals surface area contributed by atoms with Crippen LogP contribution >= 0.6 is 11.3 Å². The molecule has 0 unspecified atom stereocenters. The summed E-state index contributed by atoms with van der Waals surface area (Å²) in [5.41, 5.74) is 1.60. The highest BCUT2D eigenvalue weighted by Crippen LogP contribution is 2.42. The molecule has 144 valence electrons. The van der Waals surface area contributed by atoms with E-state index in [0.29, 0.717) is 21.7 Å². The van der Waals surface area contributed by atoms with Gasteiger partial charge in [-0.25, -0.2) is 22.0 Å². The van der Waals surface area contributed by atoms with Gasteiger partial charge in [-0.15, -0.1) is 11.3 Å². The molecule has 0 saturated carbocycles. The molecule has 2 aromatic carbocycles. The van der Waals surface area contributed by atoms with Gasteiger partial charge in [-0.1, -0.05) is 18.2 Å². The van der Waals surface area contributed by atoms with Crippen LogP contribution in [0, 0.1) is 0 Å². The SMILES string of the molecule is NS(=O)(=O)c1ccc(NC(=O)c2cc3c(s2)-c2ccccc2S(=O)(=O)C3)cc1. The second-order valence-corrected chi connectivity index (χ2v) is 10.8. The molecule has 1 aromatic heterocycles. The fourth-order valence-electron chi connectivity index (χ4n) is 3.00. The molecule has 1 amide bonds. The maximum absolute atomic E-state index is 12.6. The van der Waals surface area contributed by atoms with E-state index in [1.54, 1.807) is 30.3 Å². The fourth-order valence-corrected chi connectivity index (χ4v) is 6.37. The maximum atomic E-state index is 12.6. The van der Waals surface area contributed by atoms with Crippen LogP contribution in [0.15, 0.2) is 64.4 Å². The van der Waals surface area contributed by atoms with Crippen molar-refractivity contribution >= 4 is 42.8 Å². The molecule has 3 N–H and O–H groups in total. The van der Waals surface area contributed by atoms with Crippen molar-refractivity contribution in [3.63, 3.8) is 0 Å². The Hall–Kier alpha value is -2.53. The third-order valence-electron chi connectivity index (χ3n) is 4.29. The van der Waals surface area contributed by atoms with Crippen LogP contribution in [0.2, 0.25) is 0 Å². The van der Waals surface area contributed by atoms with E-state index < -0.39 is 25.8 Å². The Morgan fingerprint density at radius 2 is 1.75 bits per heavy atom. The van der Waals surface area contributed by atoms with Crippen LogP contribution in [0.5, 0.6) is 0 Å². The van der Waals surface area contributed by atoms with Crippen molar-refractivity contribution in [2.75, 3.05) is 5.32 Å². The number of amides is 1. The first-order valence-corrected chi connectivity index (χ1v) is 12.1. The highest BCUT2D eigenvalue weighted by atomic mass is 32.2. The third-order valence-corrected chi connectivity index (χ3v) is 8.14. The summed E-state index contributed by atoms with van der Waals surface area (Å²) in [5, 5.41) is 7.73. The van der Waals surface area contributed by atoms with Crippen molar-refractivity contribution in [1.29, 1.82) is 0 Å². The number of sulfonamides is 1. The first-order chi connectivity index (χ1) is 13.1. The van der Waals surface area contributed by atoms with Crippen LogP contribution in [0.25, 0.3) is 10.4 Å². The van der Waals surface area contributed by atoms with Crippen LogP contribution in [0.1, 0.15) is 15.2 Å². The second kappa shape index (κ2) is 6.52. The van der Waals surface area contributed by atoms with Gasteiger partial charge in [-0.3, -0.25) is 4.79 Å². The molecule has 1 aliphatic rings. The third kappa shape index (κ3) is 3.35. The highest BCUT2D eigenvalue weighted by Gasteiger charge is 2.30. The number of anilines is 1. The molecule has 0 fully saturated rings. The largest absolute Gasteiger partial charge is 0.321 e. The van der Waals surface area contributed by atoms with Crippen molar-refractivity contribution in [2.24, 2.45) is 5.14 Å². The Morgan fingerprint density at radius 3 is 2.43 bits per heavy atom. The normalized spacial score (nSPS) is 14.8. The molecular weight excluding hydrogens is 420 g/mol. The van der Waals surface area contributed by atoms with E-state index in [-0.39, 0.29) is 15.5 Å². The number of sulfone groups is 1. The number of benzene rings is 2. The van der Waals surface area contributed by atoms with Crippen molar-refractivity contribution in [3.05, 3.63) is 65.0 Å². The second-order valence-electron chi connectivity index (χ2n) is 6.24. The lowest BCUT2D eigenvalue weighted by Crippen LogP contribution is -2.13. The number of nitrogens with one attached hydrogen (secondary N) is 1. The van der Waals surface area contributed by atoms with Gasteiger partial charge in [0.15, 0.2) is 9.84 Å². The molecule has 7 nitrogen and oxygen atoms in total. The van der Waals surface area contributed by atoms with Gasteiger partial charge >= 0.3 is 0 Å². The summed E-state index contributed by atoms with van der Waals surface area (Å²) in [5.74, 6) is -0.552. The van der Waals surface area contributed by atoms with Crippen molar-refractivity contribution in [3.8, 4) is 10.4 Å². The molecule has 0 atom stereocenters. The van der Waals surface area contributed by atoms with Gasteiger partial charge in [0, 0.05) is 16.1 Å². The molecule has 0 spiro atoms. The standard InChI is InChI=1S/C18H14N2O5S3/c19-28(24,25)13-7-5-12(6-8-13)20-18(21)15-9-11-10-27(22,23)16-4-2-1-3-14(16)17(11)26-15/h1-9H,10H2,(H,20,21)(H2,19,24,25). The van der Waals surface area contributed by atoms with Crippen molar-refractivity contribution in [2.45, 2.75) is 15.5 Å². The van der Waals surface area contributed by atoms with Crippen LogP contribution in [-0.2, 0) is 25.6 Å². The zero-order valence-electron chi connectivity index (χ0n) is 14.2. The molecule has 4 rings (SSSR count). The van der Waals surface area contributed by atoms with Gasteiger partial charge in [0.1, 0.15) is 0 Å². The Balaban J connectivity index is 1.64. The van der Waals surface area contributed by atoms with Crippen LogP contribution < -0.4 is 10.5 Å². The smallest absolute Gasteiger partial charge is 0.265 e. The fraction of sp³-hybridized carbons (Fsp3) is 0.0556. The first kappa shape index (κ1) is 18.8. The zero-order chi connectivity index (χ0) is 20.1. The molecule has 10 heteroatoms. The lowest BCUT2D eigenvalue weighted by Gasteiger charge is -2.15. The predicted octanol–water partition coefficient (Wildman–Crippen LogP) is 2.60. The zero-order valence-corrected chi connectivity index (χ0v) is 16.7. The first-order valence-electron chi connectivity index (χ1n) is 8.04. The topological polar surface area (TPSA) is 123 Å². The van der Waals surface area contributed by atoms with Gasteiger partial charge in [0.25, 0.3) is 5.91 Å². The van der Waals surface area contributed by atoms with Crippen LogP contribution in [-0.4, -0.2) is 22.7 Å². The van der Waals surface area contributed by atoms with E-state index in [1.807, 2.05) is 0 Å².